The molecule has 2 saturated heterocycles. The maximum absolute atomic E-state index is 10.8. The maximum Gasteiger partial charge on any atom is 0.326 e. The Morgan fingerprint density at radius 3 is 1.65 bits per heavy atom. The predicted molar refractivity (Wildman–Crippen MR) is 228 cm³/mol. The lowest BCUT2D eigenvalue weighted by Gasteiger charge is -2.60. The van der Waals surface area contributed by atoms with Crippen molar-refractivity contribution in [1.29, 1.82) is 0 Å². The monoisotopic (exact) mass is 765 g/mol. The third-order valence-corrected chi connectivity index (χ3v) is 14.9. The van der Waals surface area contributed by atoms with Gasteiger partial charge >= 0.3 is 12.0 Å². The molecule has 9 nitrogen and oxygen atoms in total. The third kappa shape index (κ3) is 9.08. The summed E-state index contributed by atoms with van der Waals surface area (Å²) in [5.74, 6) is 2.01. The number of aryl methyl sites for hydroxylation is 2. The van der Waals surface area contributed by atoms with Crippen molar-refractivity contribution in [3.05, 3.63) is 28.8 Å². The van der Waals surface area contributed by atoms with E-state index in [9.17, 15) is 5.11 Å². The second-order valence-electron chi connectivity index (χ2n) is 19.5. The van der Waals surface area contributed by atoms with Crippen LogP contribution in [0.2, 0.25) is 0 Å². The number of hydrogen-bond donors (Lipinski definition) is 1. The molecule has 55 heavy (non-hydrogen) atoms. The Kier molecular flexibility index (Phi) is 14.0. The zero-order valence-corrected chi connectivity index (χ0v) is 38.2. The number of phenolic OH excluding ortho intramolecular Hbond substituents is 1. The molecule has 312 valence electrons. The zero-order valence-electron chi connectivity index (χ0n) is 38.2. The fraction of sp³-hybridized carbons (Fsp3) is 0.804. The van der Waals surface area contributed by atoms with Crippen molar-refractivity contribution >= 4 is 5.95 Å². The SMILES string of the molecule is CCC1(C)CCC(C)C(C)(CC)N1C(C)Oc1nc(OC(C)N2C(C)(CC)CCC(C)C2(C)CC)nc(N(C)CCCc2cc(C)c(O)c(C(C)(C)C)c2)n1. The molecular weight excluding hydrogens is 685 g/mol. The maximum atomic E-state index is 10.8. The molecule has 8 unspecified atom stereocenters. The van der Waals surface area contributed by atoms with Crippen molar-refractivity contribution < 1.29 is 14.6 Å². The number of piperidine rings is 2. The second kappa shape index (κ2) is 17.1. The lowest BCUT2D eigenvalue weighted by atomic mass is 9.69. The number of phenols is 1. The molecule has 0 bridgehead atoms. The van der Waals surface area contributed by atoms with Gasteiger partial charge in [0.1, 0.15) is 5.75 Å². The molecule has 1 aromatic heterocycles. The molecule has 2 aliphatic rings. The standard InChI is InChI=1S/C46H80N6O3/c1-18-43(13)26-24-32(6)45(15,20-3)51(43)34(8)54-40-47-39(50(17)28-22-23-36-29-31(5)38(53)37(30-36)42(10,11)12)48-41(49-40)55-35(9)52-44(14,19-2)27-25-33(7)46(52,16)21-4/h29-30,32-35,53H,18-28H2,1-17H3. The fourth-order valence-corrected chi connectivity index (χ4v) is 10.3. The molecular formula is C46H80N6O3. The minimum Gasteiger partial charge on any atom is -0.507 e. The van der Waals surface area contributed by atoms with Crippen molar-refractivity contribution in [2.45, 2.75) is 215 Å². The van der Waals surface area contributed by atoms with E-state index in [1.165, 1.54) is 18.4 Å². The Labute approximate surface area is 336 Å². The summed E-state index contributed by atoms with van der Waals surface area (Å²) < 4.78 is 13.7. The number of benzene rings is 1. The van der Waals surface area contributed by atoms with E-state index >= 15 is 0 Å². The van der Waals surface area contributed by atoms with E-state index in [0.717, 1.165) is 69.0 Å². The molecule has 0 amide bonds. The summed E-state index contributed by atoms with van der Waals surface area (Å²) in [7, 11) is 2.04. The smallest absolute Gasteiger partial charge is 0.326 e. The molecule has 2 aromatic rings. The normalized spacial score (nSPS) is 30.6. The lowest BCUT2D eigenvalue weighted by Crippen LogP contribution is -2.67. The van der Waals surface area contributed by atoms with E-state index in [1.807, 2.05) is 14.0 Å². The number of anilines is 1. The van der Waals surface area contributed by atoms with Gasteiger partial charge < -0.3 is 19.5 Å². The Morgan fingerprint density at radius 1 is 0.800 bits per heavy atom. The molecule has 2 fully saturated rings. The number of hydrogen-bond acceptors (Lipinski definition) is 9. The van der Waals surface area contributed by atoms with Crippen LogP contribution in [0, 0.1) is 18.8 Å². The largest absolute Gasteiger partial charge is 0.507 e. The number of rotatable bonds is 15. The molecule has 3 heterocycles. The average Bonchev–Trinajstić information content (AvgIpc) is 3.12. The average molecular weight is 765 g/mol. The van der Waals surface area contributed by atoms with Crippen LogP contribution < -0.4 is 14.4 Å². The molecule has 1 N–H and O–H groups in total. The van der Waals surface area contributed by atoms with Gasteiger partial charge in [-0.25, -0.2) is 0 Å². The highest BCUT2D eigenvalue weighted by atomic mass is 16.5. The summed E-state index contributed by atoms with van der Waals surface area (Å²) >= 11 is 0. The van der Waals surface area contributed by atoms with E-state index in [4.69, 9.17) is 24.4 Å². The van der Waals surface area contributed by atoms with E-state index in [-0.39, 0.29) is 40.0 Å². The van der Waals surface area contributed by atoms with Crippen LogP contribution in [0.4, 0.5) is 5.95 Å². The van der Waals surface area contributed by atoms with E-state index in [2.05, 4.69) is 131 Å². The number of aromatic hydroxyl groups is 1. The van der Waals surface area contributed by atoms with Gasteiger partial charge in [-0.1, -0.05) is 74.4 Å². The van der Waals surface area contributed by atoms with Crippen LogP contribution in [-0.2, 0) is 11.8 Å². The van der Waals surface area contributed by atoms with E-state index in [0.29, 0.717) is 35.6 Å². The van der Waals surface area contributed by atoms with Gasteiger partial charge in [-0.15, -0.1) is 4.98 Å². The number of aromatic nitrogens is 3. The molecule has 1 aromatic carbocycles. The molecule has 0 spiro atoms. The van der Waals surface area contributed by atoms with Gasteiger partial charge in [0.2, 0.25) is 5.95 Å². The first kappa shape index (κ1) is 45.1. The summed E-state index contributed by atoms with van der Waals surface area (Å²) in [5.41, 5.74) is 2.94. The molecule has 2 aliphatic heterocycles. The third-order valence-electron chi connectivity index (χ3n) is 14.9. The topological polar surface area (TPSA) is 87.1 Å². The van der Waals surface area contributed by atoms with Crippen LogP contribution >= 0.6 is 0 Å². The van der Waals surface area contributed by atoms with Crippen LogP contribution in [0.3, 0.4) is 0 Å². The van der Waals surface area contributed by atoms with E-state index < -0.39 is 0 Å². The van der Waals surface area contributed by atoms with Crippen molar-refractivity contribution in [1.82, 2.24) is 24.8 Å². The van der Waals surface area contributed by atoms with Gasteiger partial charge in [0, 0.05) is 35.7 Å². The minimum absolute atomic E-state index is 0.00318. The van der Waals surface area contributed by atoms with Gasteiger partial charge in [-0.05, 0) is 147 Å². The minimum atomic E-state index is -0.257. The summed E-state index contributed by atoms with van der Waals surface area (Å²) in [4.78, 5) is 22.2. The van der Waals surface area contributed by atoms with Gasteiger partial charge in [0.25, 0.3) is 0 Å². The summed E-state index contributed by atoms with van der Waals surface area (Å²) in [5, 5.41) is 10.8. The molecule has 0 saturated carbocycles. The number of nitrogens with zero attached hydrogens (tertiary/aromatic N) is 6. The molecule has 0 radical (unpaired) electrons. The zero-order chi connectivity index (χ0) is 41.3. The molecule has 8 atom stereocenters. The first-order chi connectivity index (χ1) is 25.5. The molecule has 4 rings (SSSR count). The van der Waals surface area contributed by atoms with Gasteiger partial charge in [0.05, 0.1) is 0 Å². The highest BCUT2D eigenvalue weighted by Crippen LogP contribution is 2.48. The summed E-state index contributed by atoms with van der Waals surface area (Å²) in [6, 6.07) is 4.87. The Hall–Kier alpha value is -2.65. The summed E-state index contributed by atoms with van der Waals surface area (Å²) in [6.45, 7) is 37.1. The number of ether oxygens (including phenoxy) is 2. The van der Waals surface area contributed by atoms with Crippen LogP contribution in [0.25, 0.3) is 0 Å². The van der Waals surface area contributed by atoms with Crippen LogP contribution in [0.5, 0.6) is 17.8 Å². The lowest BCUT2D eigenvalue weighted by molar-refractivity contribution is -0.160. The Balaban J connectivity index is 1.69. The van der Waals surface area contributed by atoms with Crippen molar-refractivity contribution in [2.24, 2.45) is 11.8 Å². The van der Waals surface area contributed by atoms with Gasteiger partial charge in [-0.2, -0.15) is 9.97 Å². The highest BCUT2D eigenvalue weighted by Gasteiger charge is 2.52. The van der Waals surface area contributed by atoms with Crippen molar-refractivity contribution in [3.63, 3.8) is 0 Å². The Morgan fingerprint density at radius 2 is 1.25 bits per heavy atom. The number of likely N-dealkylation sites (tertiary alicyclic amines) is 2. The van der Waals surface area contributed by atoms with Gasteiger partial charge in [-0.3, -0.25) is 9.80 Å². The van der Waals surface area contributed by atoms with Crippen molar-refractivity contribution in [3.8, 4) is 17.8 Å². The Bertz CT molecular complexity index is 1520. The van der Waals surface area contributed by atoms with Gasteiger partial charge in [0.15, 0.2) is 12.5 Å². The summed E-state index contributed by atoms with van der Waals surface area (Å²) in [6.07, 6.45) is 10.1. The fourth-order valence-electron chi connectivity index (χ4n) is 10.3. The molecule has 9 heteroatoms. The predicted octanol–water partition coefficient (Wildman–Crippen LogP) is 10.8. The van der Waals surface area contributed by atoms with Crippen LogP contribution in [-0.4, -0.2) is 78.1 Å². The highest BCUT2D eigenvalue weighted by molar-refractivity contribution is 5.46. The van der Waals surface area contributed by atoms with Crippen LogP contribution in [0.1, 0.15) is 178 Å². The molecule has 0 aliphatic carbocycles. The first-order valence-corrected chi connectivity index (χ1v) is 21.8. The van der Waals surface area contributed by atoms with Crippen molar-refractivity contribution in [2.75, 3.05) is 18.5 Å². The quantitative estimate of drug-likeness (QED) is 0.190. The van der Waals surface area contributed by atoms with Crippen LogP contribution in [0.15, 0.2) is 12.1 Å². The van der Waals surface area contributed by atoms with E-state index in [1.54, 1.807) is 0 Å². The second-order valence-corrected chi connectivity index (χ2v) is 19.5. The first-order valence-electron chi connectivity index (χ1n) is 21.8.